The molecule has 4 nitrogen and oxygen atoms in total. The van der Waals surface area contributed by atoms with Crippen LogP contribution in [0.25, 0.3) is 0 Å². The van der Waals surface area contributed by atoms with Gasteiger partial charge in [-0.05, 0) is 32.4 Å². The third-order valence-electron chi connectivity index (χ3n) is 2.75. The van der Waals surface area contributed by atoms with Crippen LogP contribution in [0.15, 0.2) is 40.0 Å². The molecule has 0 fully saturated rings. The van der Waals surface area contributed by atoms with Crippen molar-refractivity contribution in [1.29, 1.82) is 0 Å². The van der Waals surface area contributed by atoms with Gasteiger partial charge < -0.3 is 15.1 Å². The number of rotatable bonds is 7. The molecule has 1 heterocycles. The van der Waals surface area contributed by atoms with Crippen molar-refractivity contribution in [2.24, 2.45) is 4.99 Å². The summed E-state index contributed by atoms with van der Waals surface area (Å²) in [4.78, 5) is 4.49. The highest BCUT2D eigenvalue weighted by atomic mass is 127. The fourth-order valence-electron chi connectivity index (χ4n) is 1.46. The van der Waals surface area contributed by atoms with Crippen molar-refractivity contribution in [3.8, 4) is 0 Å². The van der Waals surface area contributed by atoms with E-state index in [-0.39, 0.29) is 24.0 Å². The normalized spacial score (nSPS) is 12.4. The van der Waals surface area contributed by atoms with E-state index in [1.165, 1.54) is 0 Å². The Bertz CT molecular complexity index is 401. The second-order valence-corrected chi connectivity index (χ2v) is 4.83. The molecular weight excluding hydrogens is 365 g/mol. The van der Waals surface area contributed by atoms with Crippen LogP contribution in [-0.4, -0.2) is 25.1 Å². The summed E-state index contributed by atoms with van der Waals surface area (Å²) in [7, 11) is 0. The smallest absolute Gasteiger partial charge is 0.191 e. The van der Waals surface area contributed by atoms with Gasteiger partial charge in [-0.15, -0.1) is 24.0 Å². The zero-order chi connectivity index (χ0) is 14.1. The van der Waals surface area contributed by atoms with Crippen molar-refractivity contribution >= 4 is 29.9 Å². The first-order valence-electron chi connectivity index (χ1n) is 6.83. The SMILES string of the molecule is C=C(C)CN=C(NCCc1ccco1)NC(C)CC.I. The lowest BCUT2D eigenvalue weighted by Crippen LogP contribution is -2.42. The summed E-state index contributed by atoms with van der Waals surface area (Å²) in [5.41, 5.74) is 1.05. The molecule has 0 saturated heterocycles. The van der Waals surface area contributed by atoms with E-state index in [1.807, 2.05) is 19.1 Å². The molecule has 0 amide bonds. The van der Waals surface area contributed by atoms with Gasteiger partial charge in [-0.2, -0.15) is 0 Å². The molecule has 1 aromatic heterocycles. The first kappa shape index (κ1) is 19.0. The Morgan fingerprint density at radius 3 is 2.80 bits per heavy atom. The highest BCUT2D eigenvalue weighted by molar-refractivity contribution is 14.0. The number of furan rings is 1. The van der Waals surface area contributed by atoms with Gasteiger partial charge in [-0.1, -0.05) is 19.1 Å². The van der Waals surface area contributed by atoms with E-state index in [4.69, 9.17) is 4.42 Å². The van der Waals surface area contributed by atoms with Gasteiger partial charge in [-0.25, -0.2) is 4.99 Å². The zero-order valence-electron chi connectivity index (χ0n) is 12.6. The van der Waals surface area contributed by atoms with Crippen LogP contribution in [0.3, 0.4) is 0 Å². The van der Waals surface area contributed by atoms with Gasteiger partial charge in [0.05, 0.1) is 12.8 Å². The van der Waals surface area contributed by atoms with Gasteiger partial charge in [0, 0.05) is 19.0 Å². The fraction of sp³-hybridized carbons (Fsp3) is 0.533. The van der Waals surface area contributed by atoms with E-state index in [2.05, 4.69) is 36.1 Å². The van der Waals surface area contributed by atoms with Crippen molar-refractivity contribution in [2.45, 2.75) is 39.7 Å². The van der Waals surface area contributed by atoms with Gasteiger partial charge in [-0.3, -0.25) is 0 Å². The van der Waals surface area contributed by atoms with Crippen LogP contribution in [-0.2, 0) is 6.42 Å². The second kappa shape index (κ2) is 10.8. The van der Waals surface area contributed by atoms with Gasteiger partial charge in [0.1, 0.15) is 5.76 Å². The number of hydrogen-bond donors (Lipinski definition) is 2. The number of guanidine groups is 1. The lowest BCUT2D eigenvalue weighted by Gasteiger charge is -2.16. The zero-order valence-corrected chi connectivity index (χ0v) is 14.9. The molecule has 0 saturated carbocycles. The molecule has 2 N–H and O–H groups in total. The summed E-state index contributed by atoms with van der Waals surface area (Å²) >= 11 is 0. The van der Waals surface area contributed by atoms with Crippen molar-refractivity contribution in [3.05, 3.63) is 36.3 Å². The Balaban J connectivity index is 0.00000361. The summed E-state index contributed by atoms with van der Waals surface area (Å²) in [6.07, 6.45) is 3.61. The van der Waals surface area contributed by atoms with Crippen molar-refractivity contribution in [3.63, 3.8) is 0 Å². The number of halogens is 1. The molecule has 0 aliphatic carbocycles. The number of hydrogen-bond acceptors (Lipinski definition) is 2. The highest BCUT2D eigenvalue weighted by Crippen LogP contribution is 1.99. The lowest BCUT2D eigenvalue weighted by atomic mass is 10.3. The Hall–Kier alpha value is -0.980. The molecule has 1 rings (SSSR count). The average molecular weight is 391 g/mol. The topological polar surface area (TPSA) is 49.6 Å². The van der Waals surface area contributed by atoms with E-state index in [1.54, 1.807) is 6.26 Å². The van der Waals surface area contributed by atoms with E-state index in [0.717, 1.165) is 36.7 Å². The maximum absolute atomic E-state index is 5.30. The third-order valence-corrected chi connectivity index (χ3v) is 2.75. The maximum atomic E-state index is 5.30. The molecule has 1 unspecified atom stereocenters. The summed E-state index contributed by atoms with van der Waals surface area (Å²) in [5, 5.41) is 6.69. The molecule has 1 aromatic rings. The molecule has 0 radical (unpaired) electrons. The summed E-state index contributed by atoms with van der Waals surface area (Å²) in [6.45, 7) is 11.6. The van der Waals surface area contributed by atoms with Crippen LogP contribution >= 0.6 is 24.0 Å². The first-order chi connectivity index (χ1) is 9.11. The Morgan fingerprint density at radius 2 is 2.25 bits per heavy atom. The largest absolute Gasteiger partial charge is 0.469 e. The predicted octanol–water partition coefficient (Wildman–Crippen LogP) is 3.35. The van der Waals surface area contributed by atoms with E-state index >= 15 is 0 Å². The van der Waals surface area contributed by atoms with Crippen LogP contribution in [0.1, 0.15) is 33.0 Å². The highest BCUT2D eigenvalue weighted by Gasteiger charge is 2.03. The number of nitrogens with one attached hydrogen (secondary N) is 2. The predicted molar refractivity (Wildman–Crippen MR) is 95.8 cm³/mol. The monoisotopic (exact) mass is 391 g/mol. The summed E-state index contributed by atoms with van der Waals surface area (Å²) in [6, 6.07) is 4.29. The molecule has 0 aromatic carbocycles. The summed E-state index contributed by atoms with van der Waals surface area (Å²) < 4.78 is 5.30. The second-order valence-electron chi connectivity index (χ2n) is 4.83. The van der Waals surface area contributed by atoms with Gasteiger partial charge in [0.2, 0.25) is 0 Å². The van der Waals surface area contributed by atoms with Crippen molar-refractivity contribution in [2.75, 3.05) is 13.1 Å². The molecule has 20 heavy (non-hydrogen) atoms. The average Bonchev–Trinajstić information content (AvgIpc) is 2.88. The standard InChI is InChI=1S/C15H25N3O.HI/c1-5-13(4)18-15(17-11-12(2)3)16-9-8-14-7-6-10-19-14;/h6-7,10,13H,2,5,8-9,11H2,1,3-4H3,(H2,16,17,18);1H. The minimum Gasteiger partial charge on any atom is -0.469 e. The molecule has 0 aliphatic rings. The first-order valence-corrected chi connectivity index (χ1v) is 6.83. The molecule has 0 bridgehead atoms. The van der Waals surface area contributed by atoms with Crippen LogP contribution in [0, 0.1) is 0 Å². The van der Waals surface area contributed by atoms with Crippen LogP contribution in [0.2, 0.25) is 0 Å². The fourth-order valence-corrected chi connectivity index (χ4v) is 1.46. The third kappa shape index (κ3) is 8.24. The number of aliphatic imine (C=N–C) groups is 1. The van der Waals surface area contributed by atoms with Crippen molar-refractivity contribution < 1.29 is 4.42 Å². The van der Waals surface area contributed by atoms with Gasteiger partial charge in [0.25, 0.3) is 0 Å². The molecule has 0 aliphatic heterocycles. The maximum Gasteiger partial charge on any atom is 0.191 e. The Kier molecular flexibility index (Phi) is 10.2. The van der Waals surface area contributed by atoms with E-state index in [9.17, 15) is 0 Å². The van der Waals surface area contributed by atoms with E-state index in [0.29, 0.717) is 12.6 Å². The van der Waals surface area contributed by atoms with Crippen LogP contribution in [0.4, 0.5) is 0 Å². The molecule has 0 spiro atoms. The molecule has 5 heteroatoms. The minimum atomic E-state index is 0. The summed E-state index contributed by atoms with van der Waals surface area (Å²) in [5.74, 6) is 1.82. The van der Waals surface area contributed by atoms with Crippen molar-refractivity contribution in [1.82, 2.24) is 10.6 Å². The van der Waals surface area contributed by atoms with Crippen LogP contribution < -0.4 is 10.6 Å². The molecular formula is C15H26IN3O. The lowest BCUT2D eigenvalue weighted by molar-refractivity contribution is 0.506. The number of nitrogens with zero attached hydrogens (tertiary/aromatic N) is 1. The van der Waals surface area contributed by atoms with Gasteiger partial charge in [0.15, 0.2) is 5.96 Å². The van der Waals surface area contributed by atoms with Crippen LogP contribution in [0.5, 0.6) is 0 Å². The van der Waals surface area contributed by atoms with E-state index < -0.39 is 0 Å². The molecule has 114 valence electrons. The Labute approximate surface area is 139 Å². The minimum absolute atomic E-state index is 0. The Morgan fingerprint density at radius 1 is 1.50 bits per heavy atom. The quantitative estimate of drug-likeness (QED) is 0.324. The van der Waals surface area contributed by atoms with Gasteiger partial charge >= 0.3 is 0 Å². The molecule has 1 atom stereocenters.